The van der Waals surface area contributed by atoms with Crippen LogP contribution >= 0.6 is 12.2 Å². The Morgan fingerprint density at radius 1 is 1.40 bits per heavy atom. The number of thiocarbonyl (C=S) groups is 1. The highest BCUT2D eigenvalue weighted by Gasteiger charge is 2.41. The van der Waals surface area contributed by atoms with E-state index in [9.17, 15) is 9.59 Å². The van der Waals surface area contributed by atoms with Crippen molar-refractivity contribution in [3.63, 3.8) is 0 Å². The second-order valence-electron chi connectivity index (χ2n) is 5.41. The Morgan fingerprint density at radius 3 is 2.65 bits per heavy atom. The minimum atomic E-state index is -0.845. The maximum atomic E-state index is 12.0. The Bertz CT molecular complexity index is 610. The molecule has 0 atom stereocenters. The smallest absolute Gasteiger partial charge is 0.251 e. The van der Waals surface area contributed by atoms with Gasteiger partial charge in [0.15, 0.2) is 0 Å². The van der Waals surface area contributed by atoms with Gasteiger partial charge in [0.25, 0.3) is 5.91 Å². The summed E-state index contributed by atoms with van der Waals surface area (Å²) in [7, 11) is 0. The molecule has 0 bridgehead atoms. The van der Waals surface area contributed by atoms with Gasteiger partial charge in [-0.15, -0.1) is 0 Å². The summed E-state index contributed by atoms with van der Waals surface area (Å²) in [6.07, 6.45) is 0. The number of aryl methyl sites for hydroxylation is 1. The molecule has 2 amide bonds. The van der Waals surface area contributed by atoms with Crippen molar-refractivity contribution in [2.75, 3.05) is 11.4 Å². The van der Waals surface area contributed by atoms with Crippen molar-refractivity contribution in [1.82, 2.24) is 5.32 Å². The molecule has 1 heterocycles. The van der Waals surface area contributed by atoms with Gasteiger partial charge in [-0.2, -0.15) is 0 Å². The Kier molecular flexibility index (Phi) is 3.52. The average Bonchev–Trinajstić information content (AvgIpc) is 2.34. The van der Waals surface area contributed by atoms with Crippen molar-refractivity contribution in [3.8, 4) is 0 Å². The van der Waals surface area contributed by atoms with E-state index >= 15 is 0 Å². The molecule has 6 heteroatoms. The van der Waals surface area contributed by atoms with Crippen molar-refractivity contribution in [2.24, 2.45) is 5.73 Å². The number of amides is 2. The normalized spacial score (nSPS) is 17.9. The minimum absolute atomic E-state index is 0.0947. The minimum Gasteiger partial charge on any atom is -0.389 e. The first-order chi connectivity index (χ1) is 9.23. The van der Waals surface area contributed by atoms with Crippen molar-refractivity contribution < 1.29 is 9.59 Å². The molecule has 20 heavy (non-hydrogen) atoms. The van der Waals surface area contributed by atoms with Crippen molar-refractivity contribution in [3.05, 3.63) is 29.3 Å². The van der Waals surface area contributed by atoms with Crippen LogP contribution in [-0.4, -0.2) is 28.9 Å². The molecular weight excluding hydrogens is 274 g/mol. The SMILES string of the molecule is Cc1ccc(N2CC(=O)NC(=O)C2(C)C)c(C(N)=S)c1. The molecule has 0 aliphatic carbocycles. The summed E-state index contributed by atoms with van der Waals surface area (Å²) in [6, 6.07) is 5.62. The topological polar surface area (TPSA) is 75.4 Å². The van der Waals surface area contributed by atoms with Gasteiger partial charge >= 0.3 is 0 Å². The third-order valence-electron chi connectivity index (χ3n) is 3.49. The van der Waals surface area contributed by atoms with E-state index in [0.29, 0.717) is 11.3 Å². The van der Waals surface area contributed by atoms with Crippen LogP contribution in [0.2, 0.25) is 0 Å². The zero-order valence-corrected chi connectivity index (χ0v) is 12.5. The molecule has 5 nitrogen and oxygen atoms in total. The first-order valence-corrected chi connectivity index (χ1v) is 6.66. The number of imide groups is 1. The summed E-state index contributed by atoms with van der Waals surface area (Å²) < 4.78 is 0. The van der Waals surface area contributed by atoms with Crippen molar-refractivity contribution in [1.29, 1.82) is 0 Å². The average molecular weight is 291 g/mol. The lowest BCUT2D eigenvalue weighted by Crippen LogP contribution is -2.64. The number of carbonyl (C=O) groups is 2. The molecule has 1 aromatic carbocycles. The molecule has 1 aromatic rings. The van der Waals surface area contributed by atoms with Gasteiger partial charge in [0, 0.05) is 11.3 Å². The van der Waals surface area contributed by atoms with Gasteiger partial charge < -0.3 is 10.6 Å². The number of piperazine rings is 1. The summed E-state index contributed by atoms with van der Waals surface area (Å²) in [6.45, 7) is 5.55. The van der Waals surface area contributed by atoms with Crippen LogP contribution in [0.25, 0.3) is 0 Å². The van der Waals surface area contributed by atoms with E-state index < -0.39 is 5.54 Å². The van der Waals surface area contributed by atoms with E-state index in [1.807, 2.05) is 25.1 Å². The predicted molar refractivity (Wildman–Crippen MR) is 81.6 cm³/mol. The third kappa shape index (κ3) is 2.38. The van der Waals surface area contributed by atoms with E-state index in [1.165, 1.54) is 0 Å². The second kappa shape index (κ2) is 4.86. The van der Waals surface area contributed by atoms with Crippen LogP contribution in [0.3, 0.4) is 0 Å². The lowest BCUT2D eigenvalue weighted by molar-refractivity contribution is -0.135. The largest absolute Gasteiger partial charge is 0.389 e. The van der Waals surface area contributed by atoms with Gasteiger partial charge in [-0.1, -0.05) is 23.8 Å². The first-order valence-electron chi connectivity index (χ1n) is 6.26. The number of anilines is 1. The number of nitrogens with zero attached hydrogens (tertiary/aromatic N) is 1. The fraction of sp³-hybridized carbons (Fsp3) is 0.357. The zero-order valence-electron chi connectivity index (χ0n) is 11.7. The summed E-state index contributed by atoms with van der Waals surface area (Å²) >= 11 is 5.08. The van der Waals surface area contributed by atoms with Crippen LogP contribution in [0, 0.1) is 6.92 Å². The number of nitrogens with two attached hydrogens (primary N) is 1. The number of hydrogen-bond donors (Lipinski definition) is 2. The van der Waals surface area contributed by atoms with Gasteiger partial charge in [-0.25, -0.2) is 0 Å². The Hall–Kier alpha value is -1.95. The van der Waals surface area contributed by atoms with Gasteiger partial charge in [0.2, 0.25) is 5.91 Å². The highest BCUT2D eigenvalue weighted by Crippen LogP contribution is 2.30. The predicted octanol–water partition coefficient (Wildman–Crippen LogP) is 0.871. The van der Waals surface area contributed by atoms with E-state index in [2.05, 4.69) is 5.32 Å². The maximum absolute atomic E-state index is 12.0. The highest BCUT2D eigenvalue weighted by molar-refractivity contribution is 7.80. The number of nitrogens with one attached hydrogen (secondary N) is 1. The van der Waals surface area contributed by atoms with Crippen LogP contribution in [-0.2, 0) is 9.59 Å². The summed E-state index contributed by atoms with van der Waals surface area (Å²) in [5.74, 6) is -0.660. The zero-order chi connectivity index (χ0) is 15.1. The van der Waals surface area contributed by atoms with Crippen LogP contribution in [0.4, 0.5) is 5.69 Å². The Morgan fingerprint density at radius 2 is 2.05 bits per heavy atom. The van der Waals surface area contributed by atoms with Crippen LogP contribution in [0.15, 0.2) is 18.2 Å². The standard InChI is InChI=1S/C14H17N3O2S/c1-8-4-5-10(9(6-8)12(15)20)17-7-11(18)16-13(19)14(17,2)3/h4-6H,7H2,1-3H3,(H2,15,20)(H,16,18,19). The van der Waals surface area contributed by atoms with Gasteiger partial charge in [0.1, 0.15) is 10.5 Å². The maximum Gasteiger partial charge on any atom is 0.251 e. The molecule has 0 unspecified atom stereocenters. The molecule has 0 radical (unpaired) electrons. The van der Waals surface area contributed by atoms with E-state index in [4.69, 9.17) is 18.0 Å². The number of hydrogen-bond acceptors (Lipinski definition) is 4. The molecule has 1 saturated heterocycles. The summed E-state index contributed by atoms with van der Waals surface area (Å²) in [4.78, 5) is 25.7. The summed E-state index contributed by atoms with van der Waals surface area (Å²) in [5, 5.41) is 2.35. The monoisotopic (exact) mass is 291 g/mol. The molecular formula is C14H17N3O2S. The van der Waals surface area contributed by atoms with Crippen LogP contribution in [0.1, 0.15) is 25.0 Å². The van der Waals surface area contributed by atoms with Gasteiger partial charge in [0.05, 0.1) is 6.54 Å². The van der Waals surface area contributed by atoms with Crippen LogP contribution < -0.4 is 16.0 Å². The second-order valence-corrected chi connectivity index (χ2v) is 5.85. The van der Waals surface area contributed by atoms with E-state index in [1.54, 1.807) is 18.7 Å². The van der Waals surface area contributed by atoms with Crippen LogP contribution in [0.5, 0.6) is 0 Å². The molecule has 2 rings (SSSR count). The van der Waals surface area contributed by atoms with Crippen molar-refractivity contribution in [2.45, 2.75) is 26.3 Å². The number of benzene rings is 1. The lowest BCUT2D eigenvalue weighted by Gasteiger charge is -2.42. The van der Waals surface area contributed by atoms with Gasteiger partial charge in [-0.3, -0.25) is 14.9 Å². The van der Waals surface area contributed by atoms with Gasteiger partial charge in [-0.05, 0) is 32.9 Å². The fourth-order valence-corrected chi connectivity index (χ4v) is 2.42. The lowest BCUT2D eigenvalue weighted by atomic mass is 9.96. The fourth-order valence-electron chi connectivity index (χ4n) is 2.25. The van der Waals surface area contributed by atoms with Crippen molar-refractivity contribution >= 4 is 34.7 Å². The molecule has 0 aromatic heterocycles. The molecule has 1 aliphatic rings. The third-order valence-corrected chi connectivity index (χ3v) is 3.71. The molecule has 1 aliphatic heterocycles. The quantitative estimate of drug-likeness (QED) is 0.625. The first kappa shape index (κ1) is 14.5. The molecule has 0 spiro atoms. The Balaban J connectivity index is 2.57. The number of rotatable bonds is 2. The van der Waals surface area contributed by atoms with E-state index in [-0.39, 0.29) is 23.3 Å². The van der Waals surface area contributed by atoms with E-state index in [0.717, 1.165) is 5.56 Å². The molecule has 0 saturated carbocycles. The molecule has 3 N–H and O–H groups in total. The Labute approximate surface area is 123 Å². The highest BCUT2D eigenvalue weighted by atomic mass is 32.1. The number of carbonyl (C=O) groups excluding carboxylic acids is 2. The summed E-state index contributed by atoms with van der Waals surface area (Å²) in [5.41, 5.74) is 7.32. The molecule has 1 fully saturated rings. The molecule has 106 valence electrons.